The van der Waals surface area contributed by atoms with E-state index in [0.717, 1.165) is 24.9 Å². The quantitative estimate of drug-likeness (QED) is 0.751. The Morgan fingerprint density at radius 1 is 1.38 bits per heavy atom. The molecule has 0 saturated carbocycles. The van der Waals surface area contributed by atoms with E-state index in [0.29, 0.717) is 0 Å². The molecule has 0 saturated heterocycles. The van der Waals surface area contributed by atoms with Gasteiger partial charge in [-0.3, -0.25) is 0 Å². The number of methoxy groups -OCH3 is 1. The van der Waals surface area contributed by atoms with E-state index in [1.807, 2.05) is 30.3 Å². The van der Waals surface area contributed by atoms with Crippen LogP contribution < -0.4 is 5.32 Å². The van der Waals surface area contributed by atoms with Crippen LogP contribution in [0.4, 0.5) is 5.69 Å². The summed E-state index contributed by atoms with van der Waals surface area (Å²) >= 11 is 0. The number of para-hydroxylation sites is 1. The zero-order chi connectivity index (χ0) is 11.8. The number of anilines is 1. The second kappa shape index (κ2) is 6.88. The SMILES string of the molecule is CCCC[C@H](Nc1ccccc1)C(=O)OC. The van der Waals surface area contributed by atoms with E-state index in [4.69, 9.17) is 4.74 Å². The van der Waals surface area contributed by atoms with E-state index in [9.17, 15) is 4.79 Å². The Morgan fingerprint density at radius 2 is 2.06 bits per heavy atom. The molecule has 1 rings (SSSR count). The van der Waals surface area contributed by atoms with E-state index in [2.05, 4.69) is 12.2 Å². The van der Waals surface area contributed by atoms with Crippen LogP contribution in [0, 0.1) is 0 Å². The molecule has 0 aliphatic heterocycles. The first-order chi connectivity index (χ1) is 7.77. The molecule has 3 heteroatoms. The molecular weight excluding hydrogens is 202 g/mol. The van der Waals surface area contributed by atoms with Gasteiger partial charge in [-0.15, -0.1) is 0 Å². The number of carbonyl (C=O) groups excluding carboxylic acids is 1. The normalized spacial score (nSPS) is 11.9. The minimum atomic E-state index is -0.243. The standard InChI is InChI=1S/C13H19NO2/c1-3-4-10-12(13(15)16-2)14-11-8-6-5-7-9-11/h5-9,12,14H,3-4,10H2,1-2H3/t12-/m0/s1. The summed E-state index contributed by atoms with van der Waals surface area (Å²) in [5, 5.41) is 3.19. The fourth-order valence-electron chi connectivity index (χ4n) is 1.54. The summed E-state index contributed by atoms with van der Waals surface area (Å²) in [7, 11) is 1.42. The van der Waals surface area contributed by atoms with Crippen LogP contribution in [-0.2, 0) is 9.53 Å². The van der Waals surface area contributed by atoms with Crippen molar-refractivity contribution in [1.82, 2.24) is 0 Å². The lowest BCUT2D eigenvalue weighted by atomic mass is 10.1. The van der Waals surface area contributed by atoms with Crippen molar-refractivity contribution in [2.45, 2.75) is 32.2 Å². The third-order valence-electron chi connectivity index (χ3n) is 2.45. The van der Waals surface area contributed by atoms with Gasteiger partial charge in [-0.2, -0.15) is 0 Å². The molecule has 0 fully saturated rings. The van der Waals surface area contributed by atoms with Crippen LogP contribution in [0.25, 0.3) is 0 Å². The molecule has 0 aliphatic rings. The van der Waals surface area contributed by atoms with Gasteiger partial charge in [0.15, 0.2) is 0 Å². The first-order valence-electron chi connectivity index (χ1n) is 5.67. The van der Waals surface area contributed by atoms with Gasteiger partial charge < -0.3 is 10.1 Å². The molecule has 1 aromatic rings. The summed E-state index contributed by atoms with van der Waals surface area (Å²) in [5.41, 5.74) is 0.953. The monoisotopic (exact) mass is 221 g/mol. The summed E-state index contributed by atoms with van der Waals surface area (Å²) < 4.78 is 4.78. The van der Waals surface area contributed by atoms with E-state index in [-0.39, 0.29) is 12.0 Å². The van der Waals surface area contributed by atoms with Gasteiger partial charge in [-0.1, -0.05) is 38.0 Å². The minimum Gasteiger partial charge on any atom is -0.467 e. The van der Waals surface area contributed by atoms with Gasteiger partial charge in [0, 0.05) is 5.69 Å². The second-order valence-electron chi connectivity index (χ2n) is 3.73. The second-order valence-corrected chi connectivity index (χ2v) is 3.73. The maximum absolute atomic E-state index is 11.5. The Kier molecular flexibility index (Phi) is 5.40. The Hall–Kier alpha value is -1.51. The van der Waals surface area contributed by atoms with Gasteiger partial charge in [0.2, 0.25) is 0 Å². The summed E-state index contributed by atoms with van der Waals surface area (Å²) in [4.78, 5) is 11.5. The molecule has 88 valence electrons. The van der Waals surface area contributed by atoms with Gasteiger partial charge >= 0.3 is 5.97 Å². The molecule has 0 aromatic heterocycles. The summed E-state index contributed by atoms with van der Waals surface area (Å²) in [6.07, 6.45) is 2.89. The molecule has 3 nitrogen and oxygen atoms in total. The van der Waals surface area contributed by atoms with Gasteiger partial charge in [-0.05, 0) is 18.6 Å². The Bertz CT molecular complexity index is 311. The molecule has 0 amide bonds. The summed E-state index contributed by atoms with van der Waals surface area (Å²) in [6, 6.07) is 9.48. The molecule has 1 atom stereocenters. The van der Waals surface area contributed by atoms with Gasteiger partial charge in [0.05, 0.1) is 7.11 Å². The number of benzene rings is 1. The first-order valence-corrected chi connectivity index (χ1v) is 5.67. The molecule has 0 unspecified atom stereocenters. The number of rotatable bonds is 6. The van der Waals surface area contributed by atoms with Crippen molar-refractivity contribution < 1.29 is 9.53 Å². The zero-order valence-corrected chi connectivity index (χ0v) is 9.90. The third-order valence-corrected chi connectivity index (χ3v) is 2.45. The number of carbonyl (C=O) groups is 1. The lowest BCUT2D eigenvalue weighted by Crippen LogP contribution is -2.30. The number of hydrogen-bond donors (Lipinski definition) is 1. The number of unbranched alkanes of at least 4 members (excludes halogenated alkanes) is 1. The molecule has 0 radical (unpaired) electrons. The first kappa shape index (κ1) is 12.6. The van der Waals surface area contributed by atoms with Gasteiger partial charge in [-0.25, -0.2) is 4.79 Å². The molecule has 1 N–H and O–H groups in total. The average molecular weight is 221 g/mol. The Balaban J connectivity index is 2.59. The van der Waals surface area contributed by atoms with Crippen LogP contribution in [0.2, 0.25) is 0 Å². The highest BCUT2D eigenvalue weighted by atomic mass is 16.5. The lowest BCUT2D eigenvalue weighted by Gasteiger charge is -2.17. The van der Waals surface area contributed by atoms with Crippen LogP contribution >= 0.6 is 0 Å². The zero-order valence-electron chi connectivity index (χ0n) is 9.90. The molecule has 0 bridgehead atoms. The largest absolute Gasteiger partial charge is 0.467 e. The highest BCUT2D eigenvalue weighted by molar-refractivity contribution is 5.79. The van der Waals surface area contributed by atoms with Crippen LogP contribution in [0.3, 0.4) is 0 Å². The van der Waals surface area contributed by atoms with Crippen LogP contribution in [0.5, 0.6) is 0 Å². The van der Waals surface area contributed by atoms with E-state index < -0.39 is 0 Å². The van der Waals surface area contributed by atoms with Crippen molar-refractivity contribution in [3.8, 4) is 0 Å². The highest BCUT2D eigenvalue weighted by Crippen LogP contribution is 2.12. The number of ether oxygens (including phenoxy) is 1. The van der Waals surface area contributed by atoms with Crippen LogP contribution in [0.15, 0.2) is 30.3 Å². The Morgan fingerprint density at radius 3 is 2.62 bits per heavy atom. The molecule has 0 heterocycles. The molecule has 0 spiro atoms. The number of esters is 1. The number of nitrogens with one attached hydrogen (secondary N) is 1. The number of hydrogen-bond acceptors (Lipinski definition) is 3. The van der Waals surface area contributed by atoms with Gasteiger partial charge in [0.25, 0.3) is 0 Å². The van der Waals surface area contributed by atoms with E-state index in [1.54, 1.807) is 0 Å². The minimum absolute atomic E-state index is 0.197. The van der Waals surface area contributed by atoms with Crippen molar-refractivity contribution in [2.75, 3.05) is 12.4 Å². The Labute approximate surface area is 96.8 Å². The maximum Gasteiger partial charge on any atom is 0.328 e. The average Bonchev–Trinajstić information content (AvgIpc) is 2.34. The fraction of sp³-hybridized carbons (Fsp3) is 0.462. The smallest absolute Gasteiger partial charge is 0.328 e. The van der Waals surface area contributed by atoms with Crippen molar-refractivity contribution in [1.29, 1.82) is 0 Å². The van der Waals surface area contributed by atoms with Crippen molar-refractivity contribution in [2.24, 2.45) is 0 Å². The third kappa shape index (κ3) is 3.93. The predicted octanol–water partition coefficient (Wildman–Crippen LogP) is 2.83. The van der Waals surface area contributed by atoms with Crippen molar-refractivity contribution in [3.63, 3.8) is 0 Å². The molecule has 1 aromatic carbocycles. The van der Waals surface area contributed by atoms with E-state index in [1.165, 1.54) is 7.11 Å². The van der Waals surface area contributed by atoms with Gasteiger partial charge in [0.1, 0.15) is 6.04 Å². The predicted molar refractivity (Wildman–Crippen MR) is 65.4 cm³/mol. The van der Waals surface area contributed by atoms with Crippen LogP contribution in [0.1, 0.15) is 26.2 Å². The molecular formula is C13H19NO2. The fourth-order valence-corrected chi connectivity index (χ4v) is 1.54. The maximum atomic E-state index is 11.5. The molecule has 0 aliphatic carbocycles. The highest BCUT2D eigenvalue weighted by Gasteiger charge is 2.17. The molecule has 16 heavy (non-hydrogen) atoms. The van der Waals surface area contributed by atoms with Crippen LogP contribution in [-0.4, -0.2) is 19.1 Å². The summed E-state index contributed by atoms with van der Waals surface area (Å²) in [5.74, 6) is -0.197. The van der Waals surface area contributed by atoms with E-state index >= 15 is 0 Å². The van der Waals surface area contributed by atoms with Crippen molar-refractivity contribution >= 4 is 11.7 Å². The topological polar surface area (TPSA) is 38.3 Å². The summed E-state index contributed by atoms with van der Waals surface area (Å²) in [6.45, 7) is 2.11. The lowest BCUT2D eigenvalue weighted by molar-refractivity contribution is -0.141. The van der Waals surface area contributed by atoms with Crippen molar-refractivity contribution in [3.05, 3.63) is 30.3 Å².